The second kappa shape index (κ2) is 2.45. The van der Waals surface area contributed by atoms with Crippen LogP contribution >= 0.6 is 15.9 Å². The van der Waals surface area contributed by atoms with E-state index in [2.05, 4.69) is 25.9 Å². The van der Waals surface area contributed by atoms with Crippen molar-refractivity contribution in [3.8, 4) is 0 Å². The summed E-state index contributed by atoms with van der Waals surface area (Å²) in [5.41, 5.74) is 1.92. The largest absolute Gasteiger partial charge is 0.418 e. The molecule has 1 N–H and O–H groups in total. The number of aryl methyl sites for hydroxylation is 1. The molecule has 12 heavy (non-hydrogen) atoms. The first-order chi connectivity index (χ1) is 5.68. The Kier molecular flexibility index (Phi) is 1.54. The number of aromatic amines is 1. The standard InChI is InChI=1S/C7H5BrN2O2/c1-3-4(8)2-9-6-5(3)10-7(11)12-6/h2H,1H3,(H,10,11). The lowest BCUT2D eigenvalue weighted by Gasteiger charge is -1.94. The maximum Gasteiger partial charge on any atom is 0.418 e. The number of hydrogen-bond acceptors (Lipinski definition) is 3. The molecule has 0 saturated heterocycles. The van der Waals surface area contributed by atoms with Crippen LogP contribution in [0.1, 0.15) is 5.56 Å². The highest BCUT2D eigenvalue weighted by molar-refractivity contribution is 9.10. The number of aromatic nitrogens is 2. The summed E-state index contributed by atoms with van der Waals surface area (Å²) in [6.07, 6.45) is 1.61. The van der Waals surface area contributed by atoms with Gasteiger partial charge in [-0.05, 0) is 28.4 Å². The van der Waals surface area contributed by atoms with Gasteiger partial charge >= 0.3 is 5.76 Å². The van der Waals surface area contributed by atoms with Crippen LogP contribution in [0.3, 0.4) is 0 Å². The van der Waals surface area contributed by atoms with Crippen LogP contribution in [0.15, 0.2) is 19.9 Å². The van der Waals surface area contributed by atoms with Gasteiger partial charge in [-0.1, -0.05) is 0 Å². The zero-order valence-electron chi connectivity index (χ0n) is 6.22. The molecule has 0 aliphatic carbocycles. The number of hydrogen-bond donors (Lipinski definition) is 1. The molecular formula is C7H5BrN2O2. The van der Waals surface area contributed by atoms with Crippen LogP contribution < -0.4 is 5.76 Å². The highest BCUT2D eigenvalue weighted by Gasteiger charge is 2.06. The van der Waals surface area contributed by atoms with E-state index < -0.39 is 5.76 Å². The molecule has 2 aromatic rings. The summed E-state index contributed by atoms with van der Waals surface area (Å²) in [5.74, 6) is -0.473. The predicted octanol–water partition coefficient (Wildman–Crippen LogP) is 1.59. The van der Waals surface area contributed by atoms with Crippen LogP contribution in [-0.2, 0) is 0 Å². The van der Waals surface area contributed by atoms with Crippen LogP contribution in [0.2, 0.25) is 0 Å². The Balaban J connectivity index is 2.99. The zero-order valence-corrected chi connectivity index (χ0v) is 7.81. The molecule has 0 aromatic carbocycles. The van der Waals surface area contributed by atoms with E-state index in [0.29, 0.717) is 11.2 Å². The Morgan fingerprint density at radius 2 is 2.42 bits per heavy atom. The SMILES string of the molecule is Cc1c(Br)cnc2oc(=O)[nH]c12. The van der Waals surface area contributed by atoms with Gasteiger partial charge in [-0.15, -0.1) is 0 Å². The predicted molar refractivity (Wildman–Crippen MR) is 47.1 cm³/mol. The van der Waals surface area contributed by atoms with E-state index in [1.807, 2.05) is 6.92 Å². The van der Waals surface area contributed by atoms with E-state index in [0.717, 1.165) is 10.0 Å². The summed E-state index contributed by atoms with van der Waals surface area (Å²) >= 11 is 3.30. The molecule has 0 fully saturated rings. The van der Waals surface area contributed by atoms with Crippen molar-refractivity contribution in [3.63, 3.8) is 0 Å². The van der Waals surface area contributed by atoms with Crippen molar-refractivity contribution in [2.24, 2.45) is 0 Å². The summed E-state index contributed by atoms with van der Waals surface area (Å²) in [7, 11) is 0. The minimum absolute atomic E-state index is 0.348. The molecule has 0 aliphatic rings. The first-order valence-corrected chi connectivity index (χ1v) is 4.11. The highest BCUT2D eigenvalue weighted by Crippen LogP contribution is 2.20. The summed E-state index contributed by atoms with van der Waals surface area (Å²) in [6.45, 7) is 1.87. The summed E-state index contributed by atoms with van der Waals surface area (Å²) < 4.78 is 5.61. The van der Waals surface area contributed by atoms with Crippen molar-refractivity contribution < 1.29 is 4.42 Å². The van der Waals surface area contributed by atoms with E-state index >= 15 is 0 Å². The van der Waals surface area contributed by atoms with E-state index in [-0.39, 0.29) is 0 Å². The van der Waals surface area contributed by atoms with Crippen LogP contribution in [0.25, 0.3) is 11.2 Å². The first kappa shape index (κ1) is 7.54. The number of fused-ring (bicyclic) bond motifs is 1. The van der Waals surface area contributed by atoms with Crippen molar-refractivity contribution in [1.29, 1.82) is 0 Å². The number of oxazole rings is 1. The molecule has 0 saturated carbocycles. The Bertz CT molecular complexity index is 486. The van der Waals surface area contributed by atoms with Gasteiger partial charge < -0.3 is 4.42 Å². The quantitative estimate of drug-likeness (QED) is 0.746. The molecule has 0 atom stereocenters. The number of H-pyrrole nitrogens is 1. The average molecular weight is 229 g/mol. The Labute approximate surface area is 75.7 Å². The molecule has 0 amide bonds. The van der Waals surface area contributed by atoms with E-state index in [9.17, 15) is 4.79 Å². The Hall–Kier alpha value is -1.10. The minimum atomic E-state index is -0.473. The summed E-state index contributed by atoms with van der Waals surface area (Å²) in [5, 5.41) is 0. The fourth-order valence-electron chi connectivity index (χ4n) is 0.996. The molecule has 0 radical (unpaired) electrons. The van der Waals surface area contributed by atoms with Gasteiger partial charge in [0.2, 0.25) is 5.71 Å². The monoisotopic (exact) mass is 228 g/mol. The number of nitrogens with one attached hydrogen (secondary N) is 1. The van der Waals surface area contributed by atoms with Crippen molar-refractivity contribution >= 4 is 27.2 Å². The average Bonchev–Trinajstić information content (AvgIpc) is 2.39. The fraction of sp³-hybridized carbons (Fsp3) is 0.143. The van der Waals surface area contributed by atoms with Crippen molar-refractivity contribution in [2.45, 2.75) is 6.92 Å². The van der Waals surface area contributed by atoms with E-state index in [1.165, 1.54) is 0 Å². The van der Waals surface area contributed by atoms with Crippen LogP contribution in [0, 0.1) is 6.92 Å². The van der Waals surface area contributed by atoms with Crippen molar-refractivity contribution in [2.75, 3.05) is 0 Å². The van der Waals surface area contributed by atoms with Gasteiger partial charge in [0.05, 0.1) is 0 Å². The third-order valence-corrected chi connectivity index (χ3v) is 2.46. The van der Waals surface area contributed by atoms with E-state index in [1.54, 1.807) is 6.20 Å². The second-order valence-electron chi connectivity index (χ2n) is 2.43. The third kappa shape index (κ3) is 0.972. The number of halogens is 1. The first-order valence-electron chi connectivity index (χ1n) is 3.32. The molecular weight excluding hydrogens is 224 g/mol. The van der Waals surface area contributed by atoms with E-state index in [4.69, 9.17) is 4.42 Å². The Morgan fingerprint density at radius 1 is 1.67 bits per heavy atom. The van der Waals surface area contributed by atoms with Gasteiger partial charge in [-0.25, -0.2) is 9.78 Å². The van der Waals surface area contributed by atoms with Gasteiger partial charge in [0.1, 0.15) is 5.52 Å². The number of pyridine rings is 1. The van der Waals surface area contributed by atoms with Gasteiger partial charge in [0.15, 0.2) is 0 Å². The molecule has 5 heteroatoms. The minimum Gasteiger partial charge on any atom is -0.389 e. The lowest BCUT2D eigenvalue weighted by Crippen LogP contribution is -1.93. The lowest BCUT2D eigenvalue weighted by molar-refractivity contribution is 0.545. The van der Waals surface area contributed by atoms with Crippen molar-refractivity contribution in [1.82, 2.24) is 9.97 Å². The van der Waals surface area contributed by atoms with Crippen LogP contribution in [0.5, 0.6) is 0 Å². The number of nitrogens with zero attached hydrogens (tertiary/aromatic N) is 1. The topological polar surface area (TPSA) is 58.9 Å². The zero-order chi connectivity index (χ0) is 8.72. The molecule has 0 unspecified atom stereocenters. The van der Waals surface area contributed by atoms with Crippen LogP contribution in [-0.4, -0.2) is 9.97 Å². The summed E-state index contributed by atoms with van der Waals surface area (Å²) in [6, 6.07) is 0. The van der Waals surface area contributed by atoms with Gasteiger partial charge in [-0.2, -0.15) is 0 Å². The fourth-order valence-corrected chi connectivity index (χ4v) is 1.30. The molecule has 0 spiro atoms. The molecule has 2 heterocycles. The lowest BCUT2D eigenvalue weighted by atomic mass is 10.3. The maximum atomic E-state index is 10.8. The van der Waals surface area contributed by atoms with Gasteiger partial charge in [0.25, 0.3) is 0 Å². The smallest absolute Gasteiger partial charge is 0.389 e. The molecule has 0 aliphatic heterocycles. The molecule has 4 nitrogen and oxygen atoms in total. The molecule has 2 aromatic heterocycles. The van der Waals surface area contributed by atoms with Gasteiger partial charge in [-0.3, -0.25) is 4.98 Å². The van der Waals surface area contributed by atoms with Crippen molar-refractivity contribution in [3.05, 3.63) is 26.8 Å². The molecule has 2 rings (SSSR count). The second-order valence-corrected chi connectivity index (χ2v) is 3.28. The summed E-state index contributed by atoms with van der Waals surface area (Å²) in [4.78, 5) is 17.2. The van der Waals surface area contributed by atoms with Crippen LogP contribution in [0.4, 0.5) is 0 Å². The highest BCUT2D eigenvalue weighted by atomic mass is 79.9. The normalized spacial score (nSPS) is 10.8. The third-order valence-electron chi connectivity index (χ3n) is 1.66. The molecule has 0 bridgehead atoms. The Morgan fingerprint density at radius 3 is 3.17 bits per heavy atom. The van der Waals surface area contributed by atoms with Gasteiger partial charge in [0, 0.05) is 10.7 Å². The molecule has 62 valence electrons. The maximum absolute atomic E-state index is 10.8. The number of rotatable bonds is 0.